The summed E-state index contributed by atoms with van der Waals surface area (Å²) in [6.45, 7) is 4.11. The van der Waals surface area contributed by atoms with E-state index in [0.717, 1.165) is 50.1 Å². The number of anilines is 1. The molecule has 1 unspecified atom stereocenters. The molecule has 2 saturated carbocycles. The van der Waals surface area contributed by atoms with Crippen molar-refractivity contribution in [2.75, 3.05) is 19.0 Å². The van der Waals surface area contributed by atoms with Crippen molar-refractivity contribution >= 4 is 51.2 Å². The number of benzene rings is 1. The molecule has 2 aromatic heterocycles. The fourth-order valence-corrected chi connectivity index (χ4v) is 8.75. The fourth-order valence-electron chi connectivity index (χ4n) is 7.90. The average molecular weight is 775 g/mol. The highest BCUT2D eigenvalue weighted by molar-refractivity contribution is 7.14. The number of thiazole rings is 1. The van der Waals surface area contributed by atoms with Gasteiger partial charge in [-0.3, -0.25) is 9.59 Å². The van der Waals surface area contributed by atoms with Gasteiger partial charge in [-0.25, -0.2) is 19.6 Å². The van der Waals surface area contributed by atoms with Gasteiger partial charge >= 0.3 is 12.1 Å². The molecule has 0 spiro atoms. The van der Waals surface area contributed by atoms with Crippen molar-refractivity contribution in [3.63, 3.8) is 0 Å². The molecule has 7 rings (SSSR count). The summed E-state index contributed by atoms with van der Waals surface area (Å²) in [6.07, 6.45) is 9.71. The van der Waals surface area contributed by atoms with Gasteiger partial charge in [0, 0.05) is 41.3 Å². The number of aliphatic carboxylic acids is 1. The van der Waals surface area contributed by atoms with Crippen molar-refractivity contribution in [2.45, 2.75) is 120 Å². The lowest BCUT2D eigenvalue weighted by Crippen LogP contribution is -2.56. The molecule has 4 heterocycles. The Labute approximate surface area is 324 Å². The molecule has 3 amide bonds. The number of allylic oxidation sites excluding steroid dienone is 1. The SMILES string of the molecule is COc1ccc2c(O[C@@H]3C[C@H]4C(=O)NC5(C(=O)O)C[C@H]5/C=C\CCCCC[C@H](NC(=O)OC5CCCC5)C(=O)N4C3)cc(-c3csc(NC(C)C)n3)nc2c1. The smallest absolute Gasteiger partial charge is 0.408 e. The number of fused-ring (bicyclic) bond motifs is 3. The Bertz CT molecular complexity index is 1940. The Balaban J connectivity index is 1.20. The Kier molecular flexibility index (Phi) is 11.5. The highest BCUT2D eigenvalue weighted by Crippen LogP contribution is 2.45. The fraction of sp³-hybridized carbons (Fsp3) is 0.550. The molecule has 3 aromatic rings. The predicted octanol–water partition coefficient (Wildman–Crippen LogP) is 6.05. The first-order chi connectivity index (χ1) is 26.5. The molecule has 15 heteroatoms. The van der Waals surface area contributed by atoms with Crippen LogP contribution in [0.4, 0.5) is 9.93 Å². The number of rotatable bonds is 9. The van der Waals surface area contributed by atoms with Gasteiger partial charge in [0.2, 0.25) is 11.8 Å². The Morgan fingerprint density at radius 3 is 2.60 bits per heavy atom. The number of amides is 3. The zero-order valence-corrected chi connectivity index (χ0v) is 32.4. The molecule has 2 aliphatic heterocycles. The maximum atomic E-state index is 14.5. The summed E-state index contributed by atoms with van der Waals surface area (Å²) in [7, 11) is 1.58. The van der Waals surface area contributed by atoms with Crippen LogP contribution in [0, 0.1) is 5.92 Å². The molecule has 3 fully saturated rings. The first-order valence-corrected chi connectivity index (χ1v) is 20.3. The number of aromatic nitrogens is 2. The van der Waals surface area contributed by atoms with Gasteiger partial charge in [-0.1, -0.05) is 25.0 Å². The summed E-state index contributed by atoms with van der Waals surface area (Å²) in [5.41, 5.74) is 0.394. The minimum absolute atomic E-state index is 0.0324. The van der Waals surface area contributed by atoms with Gasteiger partial charge in [0.05, 0.1) is 24.9 Å². The van der Waals surface area contributed by atoms with Gasteiger partial charge in [0.25, 0.3) is 0 Å². The number of carbonyl (C=O) groups is 4. The molecular weight excluding hydrogens is 725 g/mol. The number of nitrogens with one attached hydrogen (secondary N) is 3. The van der Waals surface area contributed by atoms with Crippen molar-refractivity contribution in [3.8, 4) is 22.9 Å². The highest BCUT2D eigenvalue weighted by atomic mass is 32.1. The van der Waals surface area contributed by atoms with Crippen LogP contribution < -0.4 is 25.4 Å². The predicted molar refractivity (Wildman–Crippen MR) is 207 cm³/mol. The summed E-state index contributed by atoms with van der Waals surface area (Å²) in [5, 5.41) is 22.6. The standard InChI is InChI=1S/C40H50N6O8S/c1-23(2)41-38-43-32(22-55-38)31-19-34(28-16-15-26(52-3)17-30(28)42-31)53-27-18-33-35(47)45-40(37(49)50)20-24(40)11-7-5-4-6-8-14-29(36(48)46(33)21-27)44-39(51)54-25-12-9-10-13-25/h7,11,15-17,19,22-25,27,29,33H,4-6,8-10,12-14,18,20-21H2,1-3H3,(H,41,43)(H,44,51)(H,45,47)(H,49,50)/b11-7-/t24-,27-,29+,33+,40?/m1/s1. The molecule has 1 saturated heterocycles. The minimum atomic E-state index is -1.45. The molecule has 5 atom stereocenters. The third-order valence-corrected chi connectivity index (χ3v) is 11.7. The van der Waals surface area contributed by atoms with Crippen LogP contribution in [0.2, 0.25) is 0 Å². The molecule has 14 nitrogen and oxygen atoms in total. The van der Waals surface area contributed by atoms with E-state index in [0.29, 0.717) is 46.6 Å². The van der Waals surface area contributed by atoms with Crippen LogP contribution >= 0.6 is 11.3 Å². The number of carbonyl (C=O) groups excluding carboxylic acids is 3. The van der Waals surface area contributed by atoms with Crippen LogP contribution in [0.15, 0.2) is 41.8 Å². The van der Waals surface area contributed by atoms with Crippen LogP contribution in [0.1, 0.15) is 84.5 Å². The number of hydrogen-bond acceptors (Lipinski definition) is 11. The summed E-state index contributed by atoms with van der Waals surface area (Å²) in [6, 6.07) is 5.50. The van der Waals surface area contributed by atoms with E-state index in [9.17, 15) is 24.3 Å². The largest absolute Gasteiger partial charge is 0.497 e. The molecule has 0 bridgehead atoms. The van der Waals surface area contributed by atoms with E-state index in [4.69, 9.17) is 24.2 Å². The number of methoxy groups -OCH3 is 1. The van der Waals surface area contributed by atoms with Crippen molar-refractivity contribution in [1.29, 1.82) is 0 Å². The summed E-state index contributed by atoms with van der Waals surface area (Å²) >= 11 is 1.47. The van der Waals surface area contributed by atoms with Crippen molar-refractivity contribution in [2.24, 2.45) is 5.92 Å². The Morgan fingerprint density at radius 1 is 1.04 bits per heavy atom. The van der Waals surface area contributed by atoms with E-state index in [1.165, 1.54) is 16.2 Å². The van der Waals surface area contributed by atoms with Gasteiger partial charge < -0.3 is 40.2 Å². The lowest BCUT2D eigenvalue weighted by Gasteiger charge is -2.29. The third kappa shape index (κ3) is 8.66. The maximum Gasteiger partial charge on any atom is 0.408 e. The van der Waals surface area contributed by atoms with Crippen LogP contribution in [0.3, 0.4) is 0 Å². The molecule has 4 aliphatic rings. The van der Waals surface area contributed by atoms with Crippen molar-refractivity contribution in [1.82, 2.24) is 25.5 Å². The van der Waals surface area contributed by atoms with E-state index in [2.05, 4.69) is 16.0 Å². The van der Waals surface area contributed by atoms with Gasteiger partial charge in [0.1, 0.15) is 47.0 Å². The van der Waals surface area contributed by atoms with Crippen molar-refractivity contribution < 1.29 is 38.5 Å². The number of hydrogen-bond donors (Lipinski definition) is 4. The lowest BCUT2D eigenvalue weighted by molar-refractivity contribution is -0.145. The van der Waals surface area contributed by atoms with E-state index in [1.54, 1.807) is 7.11 Å². The number of ether oxygens (including phenoxy) is 3. The molecule has 1 aromatic carbocycles. The van der Waals surface area contributed by atoms with Crippen LogP contribution in [-0.2, 0) is 19.1 Å². The third-order valence-electron chi connectivity index (χ3n) is 10.9. The van der Waals surface area contributed by atoms with Crippen LogP contribution in [-0.4, -0.2) is 93.4 Å². The molecule has 294 valence electrons. The molecule has 55 heavy (non-hydrogen) atoms. The molecular formula is C40H50N6O8S. The minimum Gasteiger partial charge on any atom is -0.497 e. The maximum absolute atomic E-state index is 14.5. The van der Waals surface area contributed by atoms with Gasteiger partial charge in [0.15, 0.2) is 5.13 Å². The van der Waals surface area contributed by atoms with E-state index < -0.39 is 47.6 Å². The Morgan fingerprint density at radius 2 is 1.84 bits per heavy atom. The summed E-state index contributed by atoms with van der Waals surface area (Å²) in [4.78, 5) is 65.5. The monoisotopic (exact) mass is 774 g/mol. The summed E-state index contributed by atoms with van der Waals surface area (Å²) < 4.78 is 17.9. The number of alkyl carbamates (subject to hydrolysis) is 1. The van der Waals surface area contributed by atoms with E-state index in [-0.39, 0.29) is 37.5 Å². The van der Waals surface area contributed by atoms with Crippen LogP contribution in [0.5, 0.6) is 11.5 Å². The zero-order chi connectivity index (χ0) is 38.7. The Hall–Kier alpha value is -4.92. The second-order valence-electron chi connectivity index (χ2n) is 15.4. The van der Waals surface area contributed by atoms with E-state index in [1.807, 2.05) is 55.6 Å². The molecule has 4 N–H and O–H groups in total. The molecule has 0 radical (unpaired) electrons. The topological polar surface area (TPSA) is 181 Å². The van der Waals surface area contributed by atoms with E-state index >= 15 is 0 Å². The first-order valence-electron chi connectivity index (χ1n) is 19.4. The summed E-state index contributed by atoms with van der Waals surface area (Å²) in [5.74, 6) is -1.37. The average Bonchev–Trinajstić information content (AvgIpc) is 3.58. The number of nitrogens with zero attached hydrogens (tertiary/aromatic N) is 3. The second kappa shape index (κ2) is 16.4. The second-order valence-corrected chi connectivity index (χ2v) is 16.2. The van der Waals surface area contributed by atoms with Crippen molar-refractivity contribution in [3.05, 3.63) is 41.8 Å². The van der Waals surface area contributed by atoms with Gasteiger partial charge in [-0.15, -0.1) is 11.3 Å². The van der Waals surface area contributed by atoms with Gasteiger partial charge in [-0.05, 0) is 77.3 Å². The lowest BCUT2D eigenvalue weighted by atomic mass is 10.0. The first kappa shape index (κ1) is 38.4. The number of carboxylic acids is 1. The normalized spacial score (nSPS) is 26.7. The highest BCUT2D eigenvalue weighted by Gasteiger charge is 2.61. The van der Waals surface area contributed by atoms with Crippen LogP contribution in [0.25, 0.3) is 22.3 Å². The number of pyridine rings is 1. The number of carboxylic acid groups (broad SMARTS) is 1. The van der Waals surface area contributed by atoms with Gasteiger partial charge in [-0.2, -0.15) is 0 Å². The zero-order valence-electron chi connectivity index (χ0n) is 31.5. The molecule has 2 aliphatic carbocycles. The quantitative estimate of drug-likeness (QED) is 0.186.